The molecule has 6 nitrogen and oxygen atoms in total. The second-order valence-electron chi connectivity index (χ2n) is 5.19. The van der Waals surface area contributed by atoms with Crippen LogP contribution in [0.15, 0.2) is 47.5 Å². The lowest BCUT2D eigenvalue weighted by Crippen LogP contribution is -2.06. The van der Waals surface area contributed by atoms with E-state index in [-0.39, 0.29) is 0 Å². The number of para-hydroxylation sites is 1. The van der Waals surface area contributed by atoms with Gasteiger partial charge in [-0.05, 0) is 36.2 Å². The third kappa shape index (κ3) is 4.82. The Bertz CT molecular complexity index is 757. The maximum Gasteiger partial charge on any atom is 0.211 e. The summed E-state index contributed by atoms with van der Waals surface area (Å²) in [7, 11) is 3.01. The summed E-state index contributed by atoms with van der Waals surface area (Å²) in [6.45, 7) is 0. The molecular weight excluding hydrogens is 318 g/mol. The molecule has 0 heterocycles. The van der Waals surface area contributed by atoms with Crippen LogP contribution >= 0.6 is 0 Å². The van der Waals surface area contributed by atoms with Gasteiger partial charge in [0.1, 0.15) is 17.2 Å². The summed E-state index contributed by atoms with van der Waals surface area (Å²) in [5.41, 5.74) is 2.09. The van der Waals surface area contributed by atoms with Crippen LogP contribution in [-0.2, 0) is 11.2 Å². The van der Waals surface area contributed by atoms with E-state index in [1.807, 2.05) is 30.3 Å². The fourth-order valence-electron chi connectivity index (χ4n) is 2.36. The van der Waals surface area contributed by atoms with Crippen LogP contribution in [0, 0.1) is 17.2 Å². The number of hydrogen-bond acceptors (Lipinski definition) is 5. The van der Waals surface area contributed by atoms with Gasteiger partial charge in [-0.3, -0.25) is 9.79 Å². The minimum Gasteiger partial charge on any atom is -0.494 e. The van der Waals surface area contributed by atoms with Crippen LogP contribution < -0.4 is 14.8 Å². The molecule has 1 unspecified atom stereocenters. The molecule has 0 radical (unpaired) electrons. The molecule has 25 heavy (non-hydrogen) atoms. The van der Waals surface area contributed by atoms with Crippen molar-refractivity contribution in [1.82, 2.24) is 0 Å². The number of methoxy groups -OCH3 is 2. The van der Waals surface area contributed by atoms with Crippen molar-refractivity contribution < 1.29 is 14.3 Å². The van der Waals surface area contributed by atoms with Crippen LogP contribution in [0.1, 0.15) is 5.56 Å². The third-order valence-electron chi connectivity index (χ3n) is 3.55. The number of nitrogens with zero attached hydrogens (tertiary/aromatic N) is 2. The molecule has 6 heteroatoms. The summed E-state index contributed by atoms with van der Waals surface area (Å²) in [4.78, 5) is 15.1. The van der Waals surface area contributed by atoms with E-state index in [1.165, 1.54) is 14.2 Å². The molecule has 0 spiro atoms. The smallest absolute Gasteiger partial charge is 0.211 e. The number of rotatable bonds is 8. The highest BCUT2D eigenvalue weighted by molar-refractivity contribution is 5.80. The lowest BCUT2D eigenvalue weighted by atomic mass is 10.0. The van der Waals surface area contributed by atoms with Crippen LogP contribution in [0.5, 0.6) is 11.5 Å². The number of nitriles is 1. The predicted molar refractivity (Wildman–Crippen MR) is 96.6 cm³/mol. The molecule has 0 bridgehead atoms. The fourth-order valence-corrected chi connectivity index (χ4v) is 2.36. The molecule has 128 valence electrons. The number of aliphatic imine (C=N–C) groups is 1. The van der Waals surface area contributed by atoms with Gasteiger partial charge in [0, 0.05) is 6.21 Å². The average Bonchev–Trinajstić information content (AvgIpc) is 2.66. The molecule has 2 rings (SSSR count). The number of nitrogens with one attached hydrogen (secondary N) is 1. The molecule has 0 aliphatic carbocycles. The Balaban J connectivity index is 2.24. The van der Waals surface area contributed by atoms with Crippen molar-refractivity contribution in [3.05, 3.63) is 48.0 Å². The lowest BCUT2D eigenvalue weighted by Gasteiger charge is -2.15. The standard InChI is InChI=1S/C19H19N3O3/c1-24-17-9-14(10-18(25-2)19(17)22-13-23)8-15(11-20)12-21-16-6-4-3-5-7-16/h3-7,9-10,12-13,15H,8H2,1-2H3,(H,22,23). The second kappa shape index (κ2) is 9.08. The van der Waals surface area contributed by atoms with Gasteiger partial charge in [0.05, 0.1) is 31.9 Å². The Morgan fingerprint density at radius 1 is 1.20 bits per heavy atom. The SMILES string of the molecule is COc1cc(CC(C#N)C=Nc2ccccc2)cc(OC)c1NC=O. The van der Waals surface area contributed by atoms with Gasteiger partial charge in [0.2, 0.25) is 6.41 Å². The van der Waals surface area contributed by atoms with Gasteiger partial charge in [-0.2, -0.15) is 5.26 Å². The summed E-state index contributed by atoms with van der Waals surface area (Å²) in [6, 6.07) is 15.2. The normalized spacial score (nSPS) is 11.6. The van der Waals surface area contributed by atoms with Gasteiger partial charge in [0.15, 0.2) is 0 Å². The molecule has 1 amide bonds. The minimum atomic E-state index is -0.403. The van der Waals surface area contributed by atoms with E-state index in [9.17, 15) is 10.1 Å². The Hall–Kier alpha value is -3.33. The molecule has 1 N–H and O–H groups in total. The summed E-state index contributed by atoms with van der Waals surface area (Å²) >= 11 is 0. The molecule has 1 atom stereocenters. The summed E-state index contributed by atoms with van der Waals surface area (Å²) < 4.78 is 10.6. The first-order valence-corrected chi connectivity index (χ1v) is 7.65. The van der Waals surface area contributed by atoms with Crippen molar-refractivity contribution in [1.29, 1.82) is 5.26 Å². The number of carbonyl (C=O) groups excluding carboxylic acids is 1. The molecule has 0 aliphatic rings. The van der Waals surface area contributed by atoms with Crippen molar-refractivity contribution in [3.8, 4) is 17.6 Å². The Morgan fingerprint density at radius 3 is 2.36 bits per heavy atom. The van der Waals surface area contributed by atoms with E-state index in [0.29, 0.717) is 30.0 Å². The van der Waals surface area contributed by atoms with E-state index >= 15 is 0 Å². The van der Waals surface area contributed by atoms with Crippen LogP contribution in [0.3, 0.4) is 0 Å². The number of hydrogen-bond donors (Lipinski definition) is 1. The molecule has 0 saturated heterocycles. The Morgan fingerprint density at radius 2 is 1.84 bits per heavy atom. The number of ether oxygens (including phenoxy) is 2. The van der Waals surface area contributed by atoms with Crippen molar-refractivity contribution in [2.24, 2.45) is 10.9 Å². The molecular formula is C19H19N3O3. The zero-order valence-electron chi connectivity index (χ0n) is 14.1. The molecule has 2 aromatic rings. The minimum absolute atomic E-state index is 0.403. The average molecular weight is 337 g/mol. The van der Waals surface area contributed by atoms with Gasteiger partial charge in [-0.25, -0.2) is 0 Å². The Labute approximate surface area is 146 Å². The maximum absolute atomic E-state index is 10.8. The van der Waals surface area contributed by atoms with Gasteiger partial charge in [0.25, 0.3) is 0 Å². The largest absolute Gasteiger partial charge is 0.494 e. The van der Waals surface area contributed by atoms with Gasteiger partial charge in [-0.15, -0.1) is 0 Å². The molecule has 0 aromatic heterocycles. The first-order valence-electron chi connectivity index (χ1n) is 7.65. The van der Waals surface area contributed by atoms with Crippen LogP contribution in [0.4, 0.5) is 11.4 Å². The third-order valence-corrected chi connectivity index (χ3v) is 3.55. The van der Waals surface area contributed by atoms with E-state index < -0.39 is 5.92 Å². The van der Waals surface area contributed by atoms with Gasteiger partial charge in [-0.1, -0.05) is 18.2 Å². The van der Waals surface area contributed by atoms with Crippen molar-refractivity contribution in [3.63, 3.8) is 0 Å². The van der Waals surface area contributed by atoms with E-state index in [2.05, 4.69) is 16.4 Å². The predicted octanol–water partition coefficient (Wildman–Crippen LogP) is 3.36. The summed E-state index contributed by atoms with van der Waals surface area (Å²) in [5, 5.41) is 12.0. The molecule has 0 fully saturated rings. The zero-order chi connectivity index (χ0) is 18.1. The highest BCUT2D eigenvalue weighted by Gasteiger charge is 2.14. The number of anilines is 1. The highest BCUT2D eigenvalue weighted by Crippen LogP contribution is 2.36. The number of amides is 1. The van der Waals surface area contributed by atoms with Crippen LogP contribution in [0.25, 0.3) is 0 Å². The van der Waals surface area contributed by atoms with E-state index in [1.54, 1.807) is 18.3 Å². The van der Waals surface area contributed by atoms with E-state index in [4.69, 9.17) is 9.47 Å². The molecule has 0 saturated carbocycles. The summed E-state index contributed by atoms with van der Waals surface area (Å²) in [6.07, 6.45) is 2.64. The Kier molecular flexibility index (Phi) is 6.55. The van der Waals surface area contributed by atoms with E-state index in [0.717, 1.165) is 11.3 Å². The van der Waals surface area contributed by atoms with Crippen molar-refractivity contribution in [2.45, 2.75) is 6.42 Å². The quantitative estimate of drug-likeness (QED) is 0.591. The van der Waals surface area contributed by atoms with Crippen molar-refractivity contribution >= 4 is 24.0 Å². The van der Waals surface area contributed by atoms with Crippen molar-refractivity contribution in [2.75, 3.05) is 19.5 Å². The summed E-state index contributed by atoms with van der Waals surface area (Å²) in [5.74, 6) is 0.538. The van der Waals surface area contributed by atoms with Gasteiger partial charge >= 0.3 is 0 Å². The van der Waals surface area contributed by atoms with Crippen LogP contribution in [-0.4, -0.2) is 26.8 Å². The second-order valence-corrected chi connectivity index (χ2v) is 5.19. The molecule has 2 aromatic carbocycles. The number of benzene rings is 2. The van der Waals surface area contributed by atoms with Gasteiger partial charge < -0.3 is 14.8 Å². The highest BCUT2D eigenvalue weighted by atomic mass is 16.5. The fraction of sp³-hybridized carbons (Fsp3) is 0.211. The first kappa shape index (κ1) is 18.0. The molecule has 0 aliphatic heterocycles. The maximum atomic E-state index is 10.8. The topological polar surface area (TPSA) is 83.7 Å². The first-order chi connectivity index (χ1) is 12.2. The zero-order valence-corrected chi connectivity index (χ0v) is 14.1. The van der Waals surface area contributed by atoms with Crippen LogP contribution in [0.2, 0.25) is 0 Å². The lowest BCUT2D eigenvalue weighted by molar-refractivity contribution is -0.105. The monoisotopic (exact) mass is 337 g/mol. The number of carbonyl (C=O) groups is 1.